The molecule has 0 aliphatic rings. The van der Waals surface area contributed by atoms with Crippen LogP contribution in [0.3, 0.4) is 0 Å². The van der Waals surface area contributed by atoms with E-state index in [9.17, 15) is 22.4 Å². The predicted molar refractivity (Wildman–Crippen MR) is 93.3 cm³/mol. The summed E-state index contributed by atoms with van der Waals surface area (Å²) in [5.41, 5.74) is 5.21. The van der Waals surface area contributed by atoms with E-state index in [1.165, 1.54) is 6.92 Å². The van der Waals surface area contributed by atoms with E-state index in [0.29, 0.717) is 0 Å². The number of alkyl halides is 3. The van der Waals surface area contributed by atoms with Gasteiger partial charge in [-0.3, -0.25) is 0 Å². The van der Waals surface area contributed by atoms with E-state index < -0.39 is 29.8 Å². The van der Waals surface area contributed by atoms with Crippen LogP contribution in [0.15, 0.2) is 28.9 Å². The van der Waals surface area contributed by atoms with Crippen molar-refractivity contribution >= 4 is 40.2 Å². The number of amides is 2. The van der Waals surface area contributed by atoms with Crippen molar-refractivity contribution in [2.75, 3.05) is 11.1 Å². The topological polar surface area (TPSA) is 106 Å². The average Bonchev–Trinajstić information content (AvgIpc) is 2.91. The van der Waals surface area contributed by atoms with Gasteiger partial charge in [0, 0.05) is 10.9 Å². The summed E-state index contributed by atoms with van der Waals surface area (Å²) < 4.78 is 59.6. The van der Waals surface area contributed by atoms with Crippen molar-refractivity contribution in [1.29, 1.82) is 0 Å². The number of halogens is 5. The van der Waals surface area contributed by atoms with Gasteiger partial charge in [-0.1, -0.05) is 11.6 Å². The molecule has 2 amide bonds. The number of anilines is 2. The zero-order chi connectivity index (χ0) is 20.6. The van der Waals surface area contributed by atoms with E-state index in [1.54, 1.807) is 5.32 Å². The molecule has 0 saturated carbocycles. The van der Waals surface area contributed by atoms with Crippen molar-refractivity contribution in [3.05, 3.63) is 46.7 Å². The molecule has 0 fully saturated rings. The smallest absolute Gasteiger partial charge is 0.416 e. The number of nitrogens with zero attached hydrogens (tertiary/aromatic N) is 2. The van der Waals surface area contributed by atoms with Crippen LogP contribution in [0.5, 0.6) is 0 Å². The van der Waals surface area contributed by atoms with Gasteiger partial charge < -0.3 is 20.8 Å². The Labute approximate surface area is 159 Å². The molecule has 0 bridgehead atoms. The number of nitrogens with two attached hydrogens (primary N) is 1. The highest BCUT2D eigenvalue weighted by molar-refractivity contribution is 6.34. The van der Waals surface area contributed by atoms with Crippen LogP contribution in [0.25, 0.3) is 11.0 Å². The van der Waals surface area contributed by atoms with Gasteiger partial charge in [-0.2, -0.15) is 13.2 Å². The Hall–Kier alpha value is -3.08. The van der Waals surface area contributed by atoms with Crippen LogP contribution < -0.4 is 16.4 Å². The van der Waals surface area contributed by atoms with Crippen LogP contribution in [0.1, 0.15) is 17.4 Å². The van der Waals surface area contributed by atoms with Gasteiger partial charge in [0.25, 0.3) is 0 Å². The number of rotatable bonds is 3. The minimum atomic E-state index is -4.90. The van der Waals surface area contributed by atoms with E-state index in [-0.39, 0.29) is 33.2 Å². The molecular formula is C16H12ClF4N5O2. The molecule has 0 aliphatic carbocycles. The fourth-order valence-electron chi connectivity index (χ4n) is 2.53. The van der Waals surface area contributed by atoms with Gasteiger partial charge in [0.1, 0.15) is 11.6 Å². The Morgan fingerprint density at radius 2 is 1.93 bits per heavy atom. The van der Waals surface area contributed by atoms with Gasteiger partial charge in [-0.05, 0) is 19.1 Å². The molecular weight excluding hydrogens is 406 g/mol. The first-order valence-corrected chi connectivity index (χ1v) is 8.04. The monoisotopic (exact) mass is 417 g/mol. The number of urea groups is 1. The highest BCUT2D eigenvalue weighted by atomic mass is 35.5. The molecule has 0 radical (unpaired) electrons. The van der Waals surface area contributed by atoms with Crippen LogP contribution in [0.4, 0.5) is 34.0 Å². The summed E-state index contributed by atoms with van der Waals surface area (Å²) in [4.78, 5) is 19.3. The minimum absolute atomic E-state index is 0.00478. The van der Waals surface area contributed by atoms with Crippen molar-refractivity contribution in [3.63, 3.8) is 0 Å². The number of furan rings is 1. The zero-order valence-corrected chi connectivity index (χ0v) is 14.8. The second-order valence-electron chi connectivity index (χ2n) is 5.76. The van der Waals surface area contributed by atoms with Gasteiger partial charge in [0.05, 0.1) is 23.1 Å². The Bertz CT molecular complexity index is 1040. The molecule has 2 aromatic heterocycles. The number of hydrogen-bond acceptors (Lipinski definition) is 5. The molecule has 3 aromatic rings. The Kier molecular flexibility index (Phi) is 5.02. The number of carbonyl (C=O) groups excluding carboxylic acids is 1. The van der Waals surface area contributed by atoms with Crippen molar-refractivity contribution in [2.24, 2.45) is 0 Å². The maximum Gasteiger partial charge on any atom is 0.416 e. The molecule has 3 rings (SSSR count). The van der Waals surface area contributed by atoms with E-state index >= 15 is 0 Å². The van der Waals surface area contributed by atoms with E-state index in [2.05, 4.69) is 15.3 Å². The number of aryl methyl sites for hydroxylation is 1. The quantitative estimate of drug-likeness (QED) is 0.550. The maximum absolute atomic E-state index is 13.6. The molecule has 7 nitrogen and oxygen atoms in total. The lowest BCUT2D eigenvalue weighted by Gasteiger charge is -2.20. The first-order valence-electron chi connectivity index (χ1n) is 7.66. The molecule has 12 heteroatoms. The molecule has 2 heterocycles. The van der Waals surface area contributed by atoms with Gasteiger partial charge >= 0.3 is 12.2 Å². The van der Waals surface area contributed by atoms with Gasteiger partial charge in [0.15, 0.2) is 11.6 Å². The summed E-state index contributed by atoms with van der Waals surface area (Å²) in [5, 5.41) is 3.82. The third kappa shape index (κ3) is 3.93. The second-order valence-corrected chi connectivity index (χ2v) is 6.17. The maximum atomic E-state index is 13.6. The highest BCUT2D eigenvalue weighted by Crippen LogP contribution is 2.40. The van der Waals surface area contributed by atoms with Gasteiger partial charge in [-0.15, -0.1) is 0 Å². The molecule has 1 unspecified atom stereocenters. The lowest BCUT2D eigenvalue weighted by Crippen LogP contribution is -2.40. The summed E-state index contributed by atoms with van der Waals surface area (Å²) in [6, 6.07) is -1.77. The van der Waals surface area contributed by atoms with E-state index in [4.69, 9.17) is 21.8 Å². The highest BCUT2D eigenvalue weighted by Gasteiger charge is 2.45. The standard InChI is InChI=1S/C16H12ClF4N5O2/c1-6-9-2-7(18)3-10(17)12(9)28-11(6)13(16(19,20)21)26-15(27)25-8-4-23-14(22)24-5-8/h2-5,13H,1H3,(H2,22,23,24)(H2,25,26,27). The minimum Gasteiger partial charge on any atom is -0.457 e. The number of carbonyl (C=O) groups is 1. The van der Waals surface area contributed by atoms with Crippen LogP contribution >= 0.6 is 11.6 Å². The van der Waals surface area contributed by atoms with Crippen molar-refractivity contribution in [2.45, 2.75) is 19.1 Å². The number of benzene rings is 1. The molecule has 4 N–H and O–H groups in total. The lowest BCUT2D eigenvalue weighted by atomic mass is 10.1. The normalized spacial score (nSPS) is 12.8. The van der Waals surface area contributed by atoms with Crippen molar-refractivity contribution in [1.82, 2.24) is 15.3 Å². The SMILES string of the molecule is Cc1c(C(NC(=O)Nc2cnc(N)nc2)C(F)(F)F)oc2c(Cl)cc(F)cc12. The fraction of sp³-hybridized carbons (Fsp3) is 0.188. The van der Waals surface area contributed by atoms with Crippen LogP contribution in [-0.4, -0.2) is 22.2 Å². The summed E-state index contributed by atoms with van der Waals surface area (Å²) in [6.45, 7) is 1.31. The third-order valence-electron chi connectivity index (χ3n) is 3.79. The summed E-state index contributed by atoms with van der Waals surface area (Å²) in [6.07, 6.45) is -2.66. The number of hydrogen-bond donors (Lipinski definition) is 3. The molecule has 1 aromatic carbocycles. The van der Waals surface area contributed by atoms with Gasteiger partial charge in [0.2, 0.25) is 5.95 Å². The van der Waals surface area contributed by atoms with Crippen LogP contribution in [0.2, 0.25) is 5.02 Å². The Morgan fingerprint density at radius 1 is 1.29 bits per heavy atom. The van der Waals surface area contributed by atoms with Crippen molar-refractivity contribution < 1.29 is 26.8 Å². The molecule has 0 spiro atoms. The summed E-state index contributed by atoms with van der Waals surface area (Å²) in [7, 11) is 0. The Balaban J connectivity index is 1.94. The molecule has 0 aliphatic heterocycles. The summed E-state index contributed by atoms with van der Waals surface area (Å²) >= 11 is 5.85. The average molecular weight is 418 g/mol. The zero-order valence-electron chi connectivity index (χ0n) is 14.1. The van der Waals surface area contributed by atoms with Crippen LogP contribution in [0, 0.1) is 12.7 Å². The number of nitrogens with one attached hydrogen (secondary N) is 2. The molecule has 1 atom stereocenters. The largest absolute Gasteiger partial charge is 0.457 e. The van der Waals surface area contributed by atoms with Gasteiger partial charge in [-0.25, -0.2) is 19.2 Å². The first kappa shape index (κ1) is 19.7. The number of aromatic nitrogens is 2. The van der Waals surface area contributed by atoms with E-state index in [0.717, 1.165) is 24.5 Å². The lowest BCUT2D eigenvalue weighted by molar-refractivity contribution is -0.158. The third-order valence-corrected chi connectivity index (χ3v) is 4.07. The second kappa shape index (κ2) is 7.15. The first-order chi connectivity index (χ1) is 13.1. The molecule has 148 valence electrons. The summed E-state index contributed by atoms with van der Waals surface area (Å²) in [5.74, 6) is -1.41. The van der Waals surface area contributed by atoms with Crippen LogP contribution in [-0.2, 0) is 0 Å². The fourth-order valence-corrected chi connectivity index (χ4v) is 2.78. The Morgan fingerprint density at radius 3 is 2.54 bits per heavy atom. The number of nitrogen functional groups attached to an aromatic ring is 1. The molecule has 28 heavy (non-hydrogen) atoms. The van der Waals surface area contributed by atoms with E-state index in [1.807, 2.05) is 0 Å². The predicted octanol–water partition coefficient (Wildman–Crippen LogP) is 4.33. The molecule has 0 saturated heterocycles. The van der Waals surface area contributed by atoms with Crippen molar-refractivity contribution in [3.8, 4) is 0 Å². The number of fused-ring (bicyclic) bond motifs is 1.